The van der Waals surface area contributed by atoms with E-state index in [-0.39, 0.29) is 48.3 Å². The van der Waals surface area contributed by atoms with Crippen molar-refractivity contribution in [2.45, 2.75) is 32.2 Å². The number of halogens is 3. The van der Waals surface area contributed by atoms with Crippen molar-refractivity contribution < 1.29 is 47.2 Å². The van der Waals surface area contributed by atoms with E-state index in [2.05, 4.69) is 0 Å². The molecule has 0 spiro atoms. The van der Waals surface area contributed by atoms with Crippen LogP contribution in [0.25, 0.3) is 16.3 Å². The number of alkyl halides is 3. The number of phenolic OH excluding ortho intramolecular Hbond substituents is 2. The summed E-state index contributed by atoms with van der Waals surface area (Å²) in [7, 11) is 0. The van der Waals surface area contributed by atoms with Crippen molar-refractivity contribution in [3.63, 3.8) is 0 Å². The highest BCUT2D eigenvalue weighted by molar-refractivity contribution is 7.16. The van der Waals surface area contributed by atoms with Crippen LogP contribution in [0.1, 0.15) is 28.4 Å². The molecule has 0 bridgehead atoms. The van der Waals surface area contributed by atoms with Gasteiger partial charge >= 0.3 is 17.0 Å². The van der Waals surface area contributed by atoms with E-state index in [1.54, 1.807) is 49.4 Å². The van der Waals surface area contributed by atoms with Crippen LogP contribution in [0.4, 0.5) is 13.2 Å². The first-order valence-corrected chi connectivity index (χ1v) is 14.2. The molecule has 1 unspecified atom stereocenters. The molecule has 44 heavy (non-hydrogen) atoms. The molecule has 4 aromatic rings. The minimum Gasteiger partial charge on any atom is -0.508 e. The third-order valence-electron chi connectivity index (χ3n) is 6.23. The number of esters is 1. The average Bonchev–Trinajstić information content (AvgIpc) is 3.27. The number of benzene rings is 3. The van der Waals surface area contributed by atoms with E-state index in [4.69, 9.17) is 14.2 Å². The van der Waals surface area contributed by atoms with E-state index >= 15 is 0 Å². The van der Waals surface area contributed by atoms with Gasteiger partial charge in [0.05, 0.1) is 23.4 Å². The highest BCUT2D eigenvalue weighted by atomic mass is 32.1. The van der Waals surface area contributed by atoms with E-state index in [1.165, 1.54) is 34.9 Å². The van der Waals surface area contributed by atoms with Crippen LogP contribution in [-0.2, 0) is 27.2 Å². The molecule has 232 valence electrons. The van der Waals surface area contributed by atoms with Crippen LogP contribution in [0.2, 0.25) is 0 Å². The first-order valence-electron chi connectivity index (χ1n) is 13.4. The number of thiazole rings is 1. The van der Waals surface area contributed by atoms with E-state index < -0.39 is 24.9 Å². The SMILES string of the molecule is CCOC(=O)C(Cc1ccc(OCCn2c(=O)sc3cc(C(=O)/C=C/c4cc(O)cc(O)c4)ccc32)cc1)OCC(F)(F)F. The van der Waals surface area contributed by atoms with Gasteiger partial charge in [-0.05, 0) is 66.6 Å². The molecule has 1 atom stereocenters. The second-order valence-corrected chi connectivity index (χ2v) is 10.5. The van der Waals surface area contributed by atoms with Crippen molar-refractivity contribution in [2.24, 2.45) is 0 Å². The molecule has 4 rings (SSSR count). The fraction of sp³-hybridized carbons (Fsp3) is 0.258. The maximum Gasteiger partial charge on any atom is 0.411 e. The largest absolute Gasteiger partial charge is 0.508 e. The van der Waals surface area contributed by atoms with Gasteiger partial charge in [-0.1, -0.05) is 29.5 Å². The number of hydrogen-bond donors (Lipinski definition) is 2. The summed E-state index contributed by atoms with van der Waals surface area (Å²) in [5.74, 6) is -1.03. The predicted octanol–water partition coefficient (Wildman–Crippen LogP) is 5.50. The molecule has 2 N–H and O–H groups in total. The number of ketones is 1. The van der Waals surface area contributed by atoms with E-state index in [0.29, 0.717) is 32.7 Å². The minimum atomic E-state index is -4.59. The van der Waals surface area contributed by atoms with Gasteiger partial charge in [0.25, 0.3) is 0 Å². The van der Waals surface area contributed by atoms with Gasteiger partial charge in [-0.15, -0.1) is 0 Å². The van der Waals surface area contributed by atoms with Crippen LogP contribution in [0.5, 0.6) is 17.2 Å². The molecular formula is C31H28F3NO8S. The maximum atomic E-state index is 12.7. The van der Waals surface area contributed by atoms with Crippen LogP contribution in [0, 0.1) is 0 Å². The number of rotatable bonds is 13. The Kier molecular flexibility index (Phi) is 10.4. The molecule has 0 saturated heterocycles. The Morgan fingerprint density at radius 3 is 2.39 bits per heavy atom. The van der Waals surface area contributed by atoms with Gasteiger partial charge < -0.3 is 24.4 Å². The monoisotopic (exact) mass is 631 g/mol. The zero-order valence-corrected chi connectivity index (χ0v) is 24.2. The molecule has 3 aromatic carbocycles. The number of allylic oxidation sites excluding steroid dienone is 1. The molecule has 9 nitrogen and oxygen atoms in total. The minimum absolute atomic E-state index is 0.00486. The summed E-state index contributed by atoms with van der Waals surface area (Å²) in [5, 5.41) is 19.2. The Bertz CT molecular complexity index is 1690. The summed E-state index contributed by atoms with van der Waals surface area (Å²) in [5.41, 5.74) is 1.97. The lowest BCUT2D eigenvalue weighted by Crippen LogP contribution is -2.32. The molecule has 0 radical (unpaired) electrons. The van der Waals surface area contributed by atoms with Crippen molar-refractivity contribution in [1.29, 1.82) is 0 Å². The summed E-state index contributed by atoms with van der Waals surface area (Å²) >= 11 is 0.983. The number of phenols is 2. The fourth-order valence-corrected chi connectivity index (χ4v) is 5.20. The zero-order chi connectivity index (χ0) is 31.9. The quantitative estimate of drug-likeness (QED) is 0.113. The number of carbonyl (C=O) groups is 2. The van der Waals surface area contributed by atoms with Crippen LogP contribution in [-0.4, -0.2) is 58.6 Å². The van der Waals surface area contributed by atoms with Crippen molar-refractivity contribution in [2.75, 3.05) is 19.8 Å². The second-order valence-electron chi connectivity index (χ2n) is 9.55. The lowest BCUT2D eigenvalue weighted by atomic mass is 10.1. The molecular weight excluding hydrogens is 603 g/mol. The van der Waals surface area contributed by atoms with E-state index in [9.17, 15) is 37.8 Å². The maximum absolute atomic E-state index is 12.7. The summed E-state index contributed by atoms with van der Waals surface area (Å²) in [4.78, 5) is 37.2. The third-order valence-corrected chi connectivity index (χ3v) is 7.17. The molecule has 1 aromatic heterocycles. The van der Waals surface area contributed by atoms with Crippen LogP contribution in [0.3, 0.4) is 0 Å². The van der Waals surface area contributed by atoms with Crippen molar-refractivity contribution in [1.82, 2.24) is 4.57 Å². The van der Waals surface area contributed by atoms with E-state index in [1.807, 2.05) is 0 Å². The van der Waals surface area contributed by atoms with Gasteiger partial charge in [-0.2, -0.15) is 13.2 Å². The van der Waals surface area contributed by atoms with Gasteiger partial charge in [0, 0.05) is 18.1 Å². The van der Waals surface area contributed by atoms with Gasteiger partial charge in [0.15, 0.2) is 11.9 Å². The fourth-order valence-electron chi connectivity index (χ4n) is 4.24. The summed E-state index contributed by atoms with van der Waals surface area (Å²) in [6.07, 6.45) is -3.35. The molecule has 0 fully saturated rings. The topological polar surface area (TPSA) is 124 Å². The Labute approximate surface area is 253 Å². The first-order chi connectivity index (χ1) is 20.9. The van der Waals surface area contributed by atoms with Crippen LogP contribution in [0.15, 0.2) is 71.5 Å². The van der Waals surface area contributed by atoms with Crippen molar-refractivity contribution in [3.8, 4) is 17.2 Å². The average molecular weight is 632 g/mol. The van der Waals surface area contributed by atoms with Crippen LogP contribution < -0.4 is 9.61 Å². The van der Waals surface area contributed by atoms with Crippen LogP contribution >= 0.6 is 11.3 Å². The molecule has 0 aliphatic rings. The molecule has 0 amide bonds. The number of hydrogen-bond acceptors (Lipinski definition) is 9. The summed E-state index contributed by atoms with van der Waals surface area (Å²) in [6.45, 7) is 0.320. The summed E-state index contributed by atoms with van der Waals surface area (Å²) < 4.78 is 55.3. The summed E-state index contributed by atoms with van der Waals surface area (Å²) in [6, 6.07) is 15.2. The lowest BCUT2D eigenvalue weighted by molar-refractivity contribution is -0.194. The number of nitrogens with zero attached hydrogens (tertiary/aromatic N) is 1. The predicted molar refractivity (Wildman–Crippen MR) is 157 cm³/mol. The third kappa shape index (κ3) is 8.94. The van der Waals surface area contributed by atoms with Crippen molar-refractivity contribution in [3.05, 3.63) is 93.1 Å². The number of fused-ring (bicyclic) bond motifs is 1. The standard InChI is InChI=1S/C31H28F3NO8S/c1-2-41-29(39)27(43-18-31(32,33)34)15-19-3-7-24(8-4-19)42-12-11-35-25-9-6-21(16-28(25)44-30(35)40)26(38)10-5-20-13-22(36)17-23(37)14-20/h3-10,13-14,16-17,27,36-37H,2,11-12,15,18H2,1H3/b10-5+. The Morgan fingerprint density at radius 1 is 1.02 bits per heavy atom. The van der Waals surface area contributed by atoms with Gasteiger partial charge in [0.2, 0.25) is 0 Å². The zero-order valence-electron chi connectivity index (χ0n) is 23.4. The Morgan fingerprint density at radius 2 is 1.73 bits per heavy atom. The molecule has 0 aliphatic carbocycles. The number of carbonyl (C=O) groups excluding carboxylic acids is 2. The van der Waals surface area contributed by atoms with Gasteiger partial charge in [-0.3, -0.25) is 14.2 Å². The Balaban J connectivity index is 1.36. The van der Waals surface area contributed by atoms with E-state index in [0.717, 1.165) is 11.3 Å². The number of aromatic hydroxyl groups is 2. The normalized spacial score (nSPS) is 12.5. The second kappa shape index (κ2) is 14.2. The molecule has 13 heteroatoms. The lowest BCUT2D eigenvalue weighted by Gasteiger charge is -2.18. The first kappa shape index (κ1) is 32.3. The highest BCUT2D eigenvalue weighted by Gasteiger charge is 2.32. The number of ether oxygens (including phenoxy) is 3. The van der Waals surface area contributed by atoms with Gasteiger partial charge in [-0.25, -0.2) is 4.79 Å². The molecule has 1 heterocycles. The van der Waals surface area contributed by atoms with Crippen molar-refractivity contribution >= 4 is 39.4 Å². The molecule has 0 saturated carbocycles. The number of aromatic nitrogens is 1. The molecule has 0 aliphatic heterocycles. The Hall–Kier alpha value is -4.62. The highest BCUT2D eigenvalue weighted by Crippen LogP contribution is 2.23. The van der Waals surface area contributed by atoms with Gasteiger partial charge in [0.1, 0.15) is 30.5 Å². The smallest absolute Gasteiger partial charge is 0.411 e.